The van der Waals surface area contributed by atoms with Crippen molar-refractivity contribution < 1.29 is 9.50 Å². The lowest BCUT2D eigenvalue weighted by molar-refractivity contribution is 0.288. The Balaban J connectivity index is 2.23. The summed E-state index contributed by atoms with van der Waals surface area (Å²) < 4.78 is 15.1. The van der Waals surface area contributed by atoms with Gasteiger partial charge >= 0.3 is 0 Å². The third-order valence-corrected chi connectivity index (χ3v) is 2.30. The Morgan fingerprint density at radius 1 is 1.38 bits per heavy atom. The summed E-state index contributed by atoms with van der Waals surface area (Å²) in [4.78, 5) is 3.76. The van der Waals surface area contributed by atoms with E-state index in [0.29, 0.717) is 18.5 Å². The molecular formula is C11H12FN3O. The molecule has 0 radical (unpaired) electrons. The van der Waals surface area contributed by atoms with E-state index in [2.05, 4.69) is 10.1 Å². The lowest BCUT2D eigenvalue weighted by atomic mass is 10.1. The van der Waals surface area contributed by atoms with Crippen LogP contribution in [0.25, 0.3) is 5.69 Å². The number of hydrogen-bond donors (Lipinski definition) is 1. The Hall–Kier alpha value is -1.75. The van der Waals surface area contributed by atoms with Gasteiger partial charge in [-0.25, -0.2) is 14.1 Å². The Morgan fingerprint density at radius 2 is 2.25 bits per heavy atom. The van der Waals surface area contributed by atoms with E-state index in [-0.39, 0.29) is 12.4 Å². The molecular weight excluding hydrogens is 209 g/mol. The molecule has 0 unspecified atom stereocenters. The zero-order valence-electron chi connectivity index (χ0n) is 8.67. The second kappa shape index (κ2) is 4.85. The minimum atomic E-state index is -0.332. The summed E-state index contributed by atoms with van der Waals surface area (Å²) >= 11 is 0. The number of benzene rings is 1. The third-order valence-electron chi connectivity index (χ3n) is 2.30. The van der Waals surface area contributed by atoms with Crippen molar-refractivity contribution in [3.63, 3.8) is 0 Å². The van der Waals surface area contributed by atoms with E-state index >= 15 is 0 Å². The van der Waals surface area contributed by atoms with Gasteiger partial charge in [0.25, 0.3) is 0 Å². The van der Waals surface area contributed by atoms with Crippen LogP contribution in [0.15, 0.2) is 30.9 Å². The number of aliphatic hydroxyl groups is 1. The molecule has 1 aromatic carbocycles. The first-order chi connectivity index (χ1) is 7.81. The van der Waals surface area contributed by atoms with Crippen molar-refractivity contribution in [2.75, 3.05) is 6.61 Å². The van der Waals surface area contributed by atoms with Crippen LogP contribution in [0, 0.1) is 5.82 Å². The molecule has 0 fully saturated rings. The maximum Gasteiger partial charge on any atom is 0.149 e. The molecule has 16 heavy (non-hydrogen) atoms. The summed E-state index contributed by atoms with van der Waals surface area (Å²) in [6.45, 7) is 0.118. The van der Waals surface area contributed by atoms with E-state index in [9.17, 15) is 4.39 Å². The van der Waals surface area contributed by atoms with Crippen molar-refractivity contribution in [3.05, 3.63) is 42.2 Å². The molecule has 0 atom stereocenters. The molecule has 0 saturated carbocycles. The largest absolute Gasteiger partial charge is 0.396 e. The summed E-state index contributed by atoms with van der Waals surface area (Å²) in [6, 6.07) is 4.96. The molecule has 0 aliphatic rings. The number of hydrogen-bond acceptors (Lipinski definition) is 3. The Labute approximate surface area is 92.4 Å². The monoisotopic (exact) mass is 221 g/mol. The molecule has 4 nitrogen and oxygen atoms in total. The molecule has 0 aliphatic heterocycles. The highest BCUT2D eigenvalue weighted by Gasteiger charge is 2.05. The van der Waals surface area contributed by atoms with Crippen molar-refractivity contribution in [1.29, 1.82) is 0 Å². The molecule has 2 rings (SSSR count). The van der Waals surface area contributed by atoms with Gasteiger partial charge < -0.3 is 5.11 Å². The van der Waals surface area contributed by atoms with Crippen LogP contribution in [0.3, 0.4) is 0 Å². The SMILES string of the molecule is OCCCc1ccc(-n2cncn2)c(F)c1. The van der Waals surface area contributed by atoms with Gasteiger partial charge in [0.15, 0.2) is 0 Å². The summed E-state index contributed by atoms with van der Waals surface area (Å²) in [5.74, 6) is -0.332. The minimum Gasteiger partial charge on any atom is -0.396 e. The Kier molecular flexibility index (Phi) is 3.26. The van der Waals surface area contributed by atoms with Gasteiger partial charge in [-0.3, -0.25) is 0 Å². The summed E-state index contributed by atoms with van der Waals surface area (Å²) in [6.07, 6.45) is 4.12. The average molecular weight is 221 g/mol. The van der Waals surface area contributed by atoms with Gasteiger partial charge in [-0.1, -0.05) is 6.07 Å². The molecule has 0 aliphatic carbocycles. The standard InChI is InChI=1S/C11H12FN3O/c12-10-6-9(2-1-5-16)3-4-11(10)15-8-13-7-14-15/h3-4,6-8,16H,1-2,5H2. The minimum absolute atomic E-state index is 0.118. The van der Waals surface area contributed by atoms with Gasteiger partial charge in [0.1, 0.15) is 24.2 Å². The maximum atomic E-state index is 13.7. The van der Waals surface area contributed by atoms with Crippen molar-refractivity contribution in [2.45, 2.75) is 12.8 Å². The molecule has 1 aromatic heterocycles. The topological polar surface area (TPSA) is 50.9 Å². The highest BCUT2D eigenvalue weighted by atomic mass is 19.1. The van der Waals surface area contributed by atoms with Gasteiger partial charge in [0, 0.05) is 6.61 Å². The second-order valence-corrected chi connectivity index (χ2v) is 3.45. The van der Waals surface area contributed by atoms with Gasteiger partial charge in [-0.2, -0.15) is 5.10 Å². The first kappa shape index (κ1) is 10.8. The molecule has 2 aromatic rings. The number of aliphatic hydroxyl groups excluding tert-OH is 1. The number of aromatic nitrogens is 3. The average Bonchev–Trinajstić information content (AvgIpc) is 2.80. The molecule has 5 heteroatoms. The fourth-order valence-electron chi connectivity index (χ4n) is 1.51. The quantitative estimate of drug-likeness (QED) is 0.847. The number of nitrogens with zero attached hydrogens (tertiary/aromatic N) is 3. The van der Waals surface area contributed by atoms with Gasteiger partial charge in [0.05, 0.1) is 0 Å². The van der Waals surface area contributed by atoms with Crippen LogP contribution in [-0.2, 0) is 6.42 Å². The van der Waals surface area contributed by atoms with Crippen LogP contribution in [0.5, 0.6) is 0 Å². The van der Waals surface area contributed by atoms with E-state index in [1.165, 1.54) is 23.4 Å². The van der Waals surface area contributed by atoms with E-state index in [1.807, 2.05) is 6.07 Å². The number of aryl methyl sites for hydroxylation is 1. The van der Waals surface area contributed by atoms with E-state index in [1.54, 1.807) is 6.07 Å². The Morgan fingerprint density at radius 3 is 2.88 bits per heavy atom. The summed E-state index contributed by atoms with van der Waals surface area (Å²) in [5, 5.41) is 12.6. The molecule has 1 heterocycles. The normalized spacial score (nSPS) is 10.6. The Bertz CT molecular complexity index is 456. The first-order valence-electron chi connectivity index (χ1n) is 5.05. The van der Waals surface area contributed by atoms with Crippen LogP contribution in [0.4, 0.5) is 4.39 Å². The highest BCUT2D eigenvalue weighted by molar-refractivity contribution is 5.35. The van der Waals surface area contributed by atoms with Gasteiger partial charge in [-0.15, -0.1) is 0 Å². The maximum absolute atomic E-state index is 13.7. The molecule has 0 bridgehead atoms. The molecule has 1 N–H and O–H groups in total. The van der Waals surface area contributed by atoms with Crippen LogP contribution in [0.1, 0.15) is 12.0 Å². The van der Waals surface area contributed by atoms with Crippen LogP contribution >= 0.6 is 0 Å². The third kappa shape index (κ3) is 2.25. The zero-order valence-corrected chi connectivity index (χ0v) is 8.67. The van der Waals surface area contributed by atoms with Crippen LogP contribution in [0.2, 0.25) is 0 Å². The molecule has 0 spiro atoms. The number of halogens is 1. The van der Waals surface area contributed by atoms with Crippen molar-refractivity contribution in [2.24, 2.45) is 0 Å². The predicted octanol–water partition coefficient (Wildman–Crippen LogP) is 1.33. The van der Waals surface area contributed by atoms with E-state index < -0.39 is 0 Å². The van der Waals surface area contributed by atoms with Gasteiger partial charge in [-0.05, 0) is 30.5 Å². The first-order valence-corrected chi connectivity index (χ1v) is 5.05. The fraction of sp³-hybridized carbons (Fsp3) is 0.273. The van der Waals surface area contributed by atoms with Crippen molar-refractivity contribution >= 4 is 0 Å². The summed E-state index contributed by atoms with van der Waals surface area (Å²) in [5.41, 5.74) is 1.25. The smallest absolute Gasteiger partial charge is 0.149 e. The molecule has 0 saturated heterocycles. The van der Waals surface area contributed by atoms with Crippen molar-refractivity contribution in [3.8, 4) is 5.69 Å². The lowest BCUT2D eigenvalue weighted by Crippen LogP contribution is -1.99. The number of rotatable bonds is 4. The van der Waals surface area contributed by atoms with Crippen LogP contribution < -0.4 is 0 Å². The van der Waals surface area contributed by atoms with Crippen molar-refractivity contribution in [1.82, 2.24) is 14.8 Å². The molecule has 0 amide bonds. The van der Waals surface area contributed by atoms with Crippen LogP contribution in [-0.4, -0.2) is 26.5 Å². The predicted molar refractivity (Wildman–Crippen MR) is 56.7 cm³/mol. The zero-order chi connectivity index (χ0) is 11.4. The second-order valence-electron chi connectivity index (χ2n) is 3.45. The van der Waals surface area contributed by atoms with E-state index in [0.717, 1.165) is 5.56 Å². The van der Waals surface area contributed by atoms with E-state index in [4.69, 9.17) is 5.11 Å². The summed E-state index contributed by atoms with van der Waals surface area (Å²) in [7, 11) is 0. The lowest BCUT2D eigenvalue weighted by Gasteiger charge is -2.05. The highest BCUT2D eigenvalue weighted by Crippen LogP contribution is 2.14. The fourth-order valence-corrected chi connectivity index (χ4v) is 1.51. The van der Waals surface area contributed by atoms with Gasteiger partial charge in [0.2, 0.25) is 0 Å². The molecule has 84 valence electrons.